The molecule has 2 unspecified atom stereocenters. The smallest absolute Gasteiger partial charge is 0.328 e. The Hall–Kier alpha value is -2.42. The summed E-state index contributed by atoms with van der Waals surface area (Å²) >= 11 is 0. The summed E-state index contributed by atoms with van der Waals surface area (Å²) in [6, 6.07) is 7.19. The van der Waals surface area contributed by atoms with Crippen LogP contribution in [0.2, 0.25) is 0 Å². The number of carbonyl (C=O) groups excluding carboxylic acids is 3. The zero-order chi connectivity index (χ0) is 22.4. The van der Waals surface area contributed by atoms with Gasteiger partial charge in [0.05, 0.1) is 11.5 Å². The van der Waals surface area contributed by atoms with E-state index in [-0.39, 0.29) is 29.5 Å². The van der Waals surface area contributed by atoms with Crippen molar-refractivity contribution in [1.82, 2.24) is 10.2 Å². The summed E-state index contributed by atoms with van der Waals surface area (Å²) in [6.07, 6.45) is 5.18. The number of amides is 2. The molecule has 1 aliphatic carbocycles. The van der Waals surface area contributed by atoms with Gasteiger partial charge in [0, 0.05) is 17.6 Å². The topological polar surface area (TPSA) is 110 Å². The van der Waals surface area contributed by atoms with Crippen LogP contribution in [0.25, 0.3) is 0 Å². The van der Waals surface area contributed by atoms with Crippen LogP contribution in [0, 0.1) is 0 Å². The van der Waals surface area contributed by atoms with Crippen LogP contribution in [0.3, 0.4) is 0 Å². The molecule has 9 heteroatoms. The van der Waals surface area contributed by atoms with Gasteiger partial charge in [-0.15, -0.1) is 0 Å². The summed E-state index contributed by atoms with van der Waals surface area (Å²) in [6.45, 7) is 1.04. The van der Waals surface area contributed by atoms with Gasteiger partial charge in [0.1, 0.15) is 6.04 Å². The van der Waals surface area contributed by atoms with E-state index >= 15 is 0 Å². The molecule has 0 spiro atoms. The first-order chi connectivity index (χ1) is 14.8. The van der Waals surface area contributed by atoms with Crippen molar-refractivity contribution in [3.8, 4) is 0 Å². The monoisotopic (exact) mass is 450 g/mol. The summed E-state index contributed by atoms with van der Waals surface area (Å²) in [5.74, 6) is -1.44. The molecule has 1 aromatic rings. The zero-order valence-electron chi connectivity index (χ0n) is 17.8. The van der Waals surface area contributed by atoms with Gasteiger partial charge in [-0.2, -0.15) is 0 Å². The van der Waals surface area contributed by atoms with Crippen LogP contribution in [0.4, 0.5) is 0 Å². The molecular weight excluding hydrogens is 420 g/mol. The molecule has 0 radical (unpaired) electrons. The van der Waals surface area contributed by atoms with E-state index in [2.05, 4.69) is 5.32 Å². The predicted octanol–water partition coefficient (Wildman–Crippen LogP) is 1.70. The van der Waals surface area contributed by atoms with Crippen LogP contribution in [0.1, 0.15) is 55.8 Å². The molecule has 8 nitrogen and oxygen atoms in total. The number of benzene rings is 1. The van der Waals surface area contributed by atoms with Crippen molar-refractivity contribution >= 4 is 27.6 Å². The number of nitrogens with one attached hydrogen (secondary N) is 1. The summed E-state index contributed by atoms with van der Waals surface area (Å²) in [7, 11) is -3.15. The molecule has 1 heterocycles. The second-order valence-electron chi connectivity index (χ2n) is 8.32. The maximum Gasteiger partial charge on any atom is 0.328 e. The van der Waals surface area contributed by atoms with Gasteiger partial charge in [0.2, 0.25) is 0 Å². The molecule has 1 saturated carbocycles. The Morgan fingerprint density at radius 3 is 2.35 bits per heavy atom. The van der Waals surface area contributed by atoms with E-state index in [4.69, 9.17) is 4.74 Å². The maximum atomic E-state index is 13.0. The first-order valence-electron chi connectivity index (χ1n) is 10.8. The van der Waals surface area contributed by atoms with Gasteiger partial charge < -0.3 is 15.0 Å². The largest absolute Gasteiger partial charge is 0.454 e. The normalized spacial score (nSPS) is 21.8. The highest BCUT2D eigenvalue weighted by Gasteiger charge is 2.38. The lowest BCUT2D eigenvalue weighted by molar-refractivity contribution is -0.155. The van der Waals surface area contributed by atoms with Crippen molar-refractivity contribution in [1.29, 1.82) is 0 Å². The number of hydrogen-bond donors (Lipinski definition) is 1. The minimum atomic E-state index is -3.15. The lowest BCUT2D eigenvalue weighted by Gasteiger charge is -2.38. The Morgan fingerprint density at radius 2 is 1.74 bits per heavy atom. The summed E-state index contributed by atoms with van der Waals surface area (Å²) in [5.41, 5.74) is 0.421. The highest BCUT2D eigenvalue weighted by molar-refractivity contribution is 7.91. The highest BCUT2D eigenvalue weighted by Crippen LogP contribution is 2.28. The molecule has 0 bridgehead atoms. The van der Waals surface area contributed by atoms with E-state index in [0.717, 1.165) is 32.1 Å². The van der Waals surface area contributed by atoms with Gasteiger partial charge in [-0.25, -0.2) is 13.2 Å². The average Bonchev–Trinajstić information content (AvgIpc) is 3.12. The standard InChI is InChI=1S/C22H30N2O6S/c1-16(23-21(26)17-8-4-2-5-9-17)22(27)30-14-20(25)24(18-10-6-3-7-11-18)19-12-13-31(28,29)15-19/h2,4-5,8-9,16,18-19H,3,6-7,10-15H2,1H3,(H,23,26). The van der Waals surface area contributed by atoms with Crippen LogP contribution in [0.5, 0.6) is 0 Å². The second-order valence-corrected chi connectivity index (χ2v) is 10.5. The van der Waals surface area contributed by atoms with Crippen LogP contribution in [-0.4, -0.2) is 67.3 Å². The number of carbonyl (C=O) groups is 3. The fraction of sp³-hybridized carbons (Fsp3) is 0.591. The third kappa shape index (κ3) is 6.29. The second kappa shape index (κ2) is 10.3. The van der Waals surface area contributed by atoms with E-state index in [1.54, 1.807) is 35.2 Å². The van der Waals surface area contributed by atoms with Gasteiger partial charge in [-0.3, -0.25) is 9.59 Å². The molecule has 2 amide bonds. The van der Waals surface area contributed by atoms with Crippen molar-refractivity contribution in [2.45, 2.75) is 63.6 Å². The molecule has 2 fully saturated rings. The van der Waals surface area contributed by atoms with Crippen LogP contribution >= 0.6 is 0 Å². The Labute approximate surface area is 183 Å². The fourth-order valence-electron chi connectivity index (χ4n) is 4.32. The summed E-state index contributed by atoms with van der Waals surface area (Å²) in [4.78, 5) is 39.2. The third-order valence-electron chi connectivity index (χ3n) is 5.93. The lowest BCUT2D eigenvalue weighted by Crippen LogP contribution is -2.50. The van der Waals surface area contributed by atoms with Crippen molar-refractivity contribution in [3.05, 3.63) is 35.9 Å². The Morgan fingerprint density at radius 1 is 1.06 bits per heavy atom. The molecule has 31 heavy (non-hydrogen) atoms. The molecule has 1 aliphatic heterocycles. The zero-order valence-corrected chi connectivity index (χ0v) is 18.6. The highest BCUT2D eigenvalue weighted by atomic mass is 32.2. The maximum absolute atomic E-state index is 13.0. The van der Waals surface area contributed by atoms with Gasteiger partial charge in [0.15, 0.2) is 16.4 Å². The molecule has 2 aliphatic rings. The molecule has 3 rings (SSSR count). The average molecular weight is 451 g/mol. The predicted molar refractivity (Wildman–Crippen MR) is 115 cm³/mol. The Kier molecular flexibility index (Phi) is 7.69. The van der Waals surface area contributed by atoms with Crippen LogP contribution < -0.4 is 5.32 Å². The fourth-order valence-corrected chi connectivity index (χ4v) is 6.03. The van der Waals surface area contributed by atoms with E-state index in [0.29, 0.717) is 12.0 Å². The molecular formula is C22H30N2O6S. The minimum absolute atomic E-state index is 0.0199. The minimum Gasteiger partial charge on any atom is -0.454 e. The lowest BCUT2D eigenvalue weighted by atomic mass is 9.93. The molecule has 1 aromatic carbocycles. The number of nitrogens with zero attached hydrogens (tertiary/aromatic N) is 1. The molecule has 2 atom stereocenters. The first-order valence-corrected chi connectivity index (χ1v) is 12.6. The van der Waals surface area contributed by atoms with E-state index in [1.165, 1.54) is 6.92 Å². The van der Waals surface area contributed by atoms with Gasteiger partial charge >= 0.3 is 5.97 Å². The van der Waals surface area contributed by atoms with Crippen LogP contribution in [0.15, 0.2) is 30.3 Å². The summed E-state index contributed by atoms with van der Waals surface area (Å²) < 4.78 is 29.1. The number of sulfone groups is 1. The Balaban J connectivity index is 1.58. The van der Waals surface area contributed by atoms with E-state index < -0.39 is 34.4 Å². The summed E-state index contributed by atoms with van der Waals surface area (Å²) in [5, 5.41) is 2.56. The van der Waals surface area contributed by atoms with Gasteiger partial charge in [-0.1, -0.05) is 37.5 Å². The van der Waals surface area contributed by atoms with Crippen molar-refractivity contribution in [2.24, 2.45) is 0 Å². The number of hydrogen-bond acceptors (Lipinski definition) is 6. The van der Waals surface area contributed by atoms with E-state index in [9.17, 15) is 22.8 Å². The number of ether oxygens (including phenoxy) is 1. The van der Waals surface area contributed by atoms with Gasteiger partial charge in [-0.05, 0) is 38.3 Å². The molecule has 170 valence electrons. The SMILES string of the molecule is CC(NC(=O)c1ccccc1)C(=O)OCC(=O)N(C1CCCCC1)C1CCS(=O)(=O)C1. The third-order valence-corrected chi connectivity index (χ3v) is 7.68. The first kappa shape index (κ1) is 23.2. The van der Waals surface area contributed by atoms with Gasteiger partial charge in [0.25, 0.3) is 11.8 Å². The van der Waals surface area contributed by atoms with Crippen LogP contribution in [-0.2, 0) is 24.2 Å². The van der Waals surface area contributed by atoms with Crippen molar-refractivity contribution in [2.75, 3.05) is 18.1 Å². The van der Waals surface area contributed by atoms with Crippen molar-refractivity contribution < 1.29 is 27.5 Å². The molecule has 1 N–H and O–H groups in total. The van der Waals surface area contributed by atoms with E-state index in [1.807, 2.05) is 0 Å². The molecule has 1 saturated heterocycles. The van der Waals surface area contributed by atoms with Crippen molar-refractivity contribution in [3.63, 3.8) is 0 Å². The Bertz CT molecular complexity index is 896. The quantitative estimate of drug-likeness (QED) is 0.633. The number of esters is 1. The number of rotatable bonds is 7. The molecule has 0 aromatic heterocycles.